The summed E-state index contributed by atoms with van der Waals surface area (Å²) in [5.74, 6) is 0.821. The van der Waals surface area contributed by atoms with Crippen molar-refractivity contribution >= 4 is 0 Å². The smallest absolute Gasteiger partial charge is 0.371 e. The van der Waals surface area contributed by atoms with Crippen molar-refractivity contribution in [2.24, 2.45) is 0 Å². The van der Waals surface area contributed by atoms with Crippen LogP contribution < -0.4 is 0 Å². The lowest BCUT2D eigenvalue weighted by atomic mass is 10.1. The molecule has 0 N–H and O–H groups in total. The molecule has 0 bridgehead atoms. The third-order valence-electron chi connectivity index (χ3n) is 5.14. The van der Waals surface area contributed by atoms with Crippen LogP contribution in [0.1, 0.15) is 41.4 Å². The molecule has 2 aromatic heterocycles. The van der Waals surface area contributed by atoms with Crippen molar-refractivity contribution < 1.29 is 22.4 Å². The van der Waals surface area contributed by atoms with Gasteiger partial charge in [0.2, 0.25) is 5.89 Å². The van der Waals surface area contributed by atoms with Crippen LogP contribution >= 0.6 is 0 Å². The average Bonchev–Trinajstić information content (AvgIpc) is 3.19. The van der Waals surface area contributed by atoms with Gasteiger partial charge in [0.1, 0.15) is 0 Å². The molecule has 4 rings (SSSR count). The highest BCUT2D eigenvalue weighted by atomic mass is 19.4. The molecule has 1 aliphatic rings. The van der Waals surface area contributed by atoms with Crippen LogP contribution in [0.3, 0.4) is 0 Å². The highest BCUT2D eigenvalue weighted by Crippen LogP contribution is 2.29. The molecule has 1 aromatic carbocycles. The summed E-state index contributed by atoms with van der Waals surface area (Å²) in [7, 11) is 0. The molecule has 0 aliphatic carbocycles. The predicted molar refractivity (Wildman–Crippen MR) is 106 cm³/mol. The number of ether oxygens (including phenoxy) is 1. The quantitative estimate of drug-likeness (QED) is 0.556. The Morgan fingerprint density at radius 3 is 2.87 bits per heavy atom. The summed E-state index contributed by atoms with van der Waals surface area (Å²) in [6.07, 6.45) is -0.362. The number of nitrogens with zero attached hydrogens (tertiary/aromatic N) is 4. The van der Waals surface area contributed by atoms with Gasteiger partial charge >= 0.3 is 6.18 Å². The molecule has 0 saturated carbocycles. The van der Waals surface area contributed by atoms with E-state index in [0.29, 0.717) is 30.4 Å². The molecular weight excluding hydrogens is 409 g/mol. The van der Waals surface area contributed by atoms with Crippen LogP contribution in [0.5, 0.6) is 0 Å². The molecule has 1 aliphatic heterocycles. The van der Waals surface area contributed by atoms with Crippen LogP contribution in [0.15, 0.2) is 53.2 Å². The molecule has 9 heteroatoms. The van der Waals surface area contributed by atoms with Gasteiger partial charge in [0, 0.05) is 19.2 Å². The first-order valence-corrected chi connectivity index (χ1v) is 10.2. The van der Waals surface area contributed by atoms with Crippen molar-refractivity contribution in [3.05, 3.63) is 77.2 Å². The minimum atomic E-state index is -4.37. The number of rotatable bonds is 7. The molecule has 0 unspecified atom stereocenters. The number of hydrogen-bond acceptors (Lipinski definition) is 6. The van der Waals surface area contributed by atoms with Crippen molar-refractivity contribution in [2.75, 3.05) is 13.1 Å². The molecule has 3 aromatic rings. The molecule has 0 amide bonds. The molecule has 6 nitrogen and oxygen atoms in total. The summed E-state index contributed by atoms with van der Waals surface area (Å²) in [6, 6.07) is 10.9. The largest absolute Gasteiger partial charge is 0.416 e. The summed E-state index contributed by atoms with van der Waals surface area (Å²) >= 11 is 0. The molecule has 3 heterocycles. The van der Waals surface area contributed by atoms with E-state index >= 15 is 0 Å². The predicted octanol–water partition coefficient (Wildman–Crippen LogP) is 4.26. The lowest BCUT2D eigenvalue weighted by Gasteiger charge is -2.31. The third-order valence-corrected chi connectivity index (χ3v) is 5.14. The molecule has 1 fully saturated rings. The Bertz CT molecular complexity index is 978. The number of hydrogen-bond donors (Lipinski definition) is 0. The summed E-state index contributed by atoms with van der Waals surface area (Å²) in [5.41, 5.74) is 0.706. The van der Waals surface area contributed by atoms with Crippen molar-refractivity contribution in [3.8, 4) is 0 Å². The highest BCUT2D eigenvalue weighted by molar-refractivity contribution is 5.27. The van der Waals surface area contributed by atoms with Crippen LogP contribution in [0.4, 0.5) is 13.2 Å². The van der Waals surface area contributed by atoms with Gasteiger partial charge in [-0.15, -0.1) is 0 Å². The second-order valence-electron chi connectivity index (χ2n) is 7.61. The van der Waals surface area contributed by atoms with Gasteiger partial charge in [-0.05, 0) is 43.1 Å². The Balaban J connectivity index is 1.30. The fourth-order valence-corrected chi connectivity index (χ4v) is 3.64. The minimum Gasteiger partial charge on any atom is -0.371 e. The van der Waals surface area contributed by atoms with Gasteiger partial charge in [-0.3, -0.25) is 9.88 Å². The molecule has 0 radical (unpaired) electrons. The molecule has 1 saturated heterocycles. The first-order valence-electron chi connectivity index (χ1n) is 10.2. The second-order valence-corrected chi connectivity index (χ2v) is 7.61. The molecule has 31 heavy (non-hydrogen) atoms. The Morgan fingerprint density at radius 2 is 2.06 bits per heavy atom. The number of pyridine rings is 1. The molecule has 1 atom stereocenters. The summed E-state index contributed by atoms with van der Waals surface area (Å²) < 4.78 is 50.0. The van der Waals surface area contributed by atoms with Gasteiger partial charge in [0.25, 0.3) is 0 Å². The number of aromatic nitrogens is 3. The Morgan fingerprint density at radius 1 is 1.16 bits per heavy atom. The fraction of sp³-hybridized carbons (Fsp3) is 0.409. The van der Waals surface area contributed by atoms with Crippen molar-refractivity contribution in [1.82, 2.24) is 20.0 Å². The van der Waals surface area contributed by atoms with Gasteiger partial charge in [0.05, 0.1) is 30.5 Å². The van der Waals surface area contributed by atoms with Crippen LogP contribution in [0.2, 0.25) is 0 Å². The van der Waals surface area contributed by atoms with E-state index in [2.05, 4.69) is 20.0 Å². The maximum atomic E-state index is 12.9. The lowest BCUT2D eigenvalue weighted by molar-refractivity contribution is -0.137. The van der Waals surface area contributed by atoms with Crippen molar-refractivity contribution in [2.45, 2.75) is 44.7 Å². The number of benzene rings is 1. The van der Waals surface area contributed by atoms with Gasteiger partial charge in [0.15, 0.2) is 5.82 Å². The lowest BCUT2D eigenvalue weighted by Crippen LogP contribution is -2.39. The number of alkyl halides is 3. The Hall–Kier alpha value is -2.78. The molecule has 0 spiro atoms. The molecular formula is C22H23F3N4O2. The van der Waals surface area contributed by atoms with E-state index in [-0.39, 0.29) is 12.5 Å². The van der Waals surface area contributed by atoms with Crippen LogP contribution in [-0.4, -0.2) is 39.2 Å². The molecule has 164 valence electrons. The Labute approximate surface area is 178 Å². The number of piperidine rings is 1. The second kappa shape index (κ2) is 9.57. The van der Waals surface area contributed by atoms with E-state index in [1.807, 2.05) is 18.2 Å². The zero-order valence-electron chi connectivity index (χ0n) is 16.9. The van der Waals surface area contributed by atoms with Crippen LogP contribution in [0.25, 0.3) is 0 Å². The van der Waals surface area contributed by atoms with E-state index in [0.717, 1.165) is 43.8 Å². The van der Waals surface area contributed by atoms with E-state index < -0.39 is 11.7 Å². The SMILES string of the molecule is FC(F)(F)c1cccc(Cc2noc(CN3CCC[C@@H](OCc4ccccn4)C3)n2)c1. The van der Waals surface area contributed by atoms with Crippen molar-refractivity contribution in [1.29, 1.82) is 0 Å². The van der Waals surface area contributed by atoms with Crippen LogP contribution in [0, 0.1) is 0 Å². The minimum absolute atomic E-state index is 0.100. The van der Waals surface area contributed by atoms with Gasteiger partial charge < -0.3 is 9.26 Å². The monoisotopic (exact) mass is 432 g/mol. The maximum absolute atomic E-state index is 12.9. The van der Waals surface area contributed by atoms with Gasteiger partial charge in [-0.2, -0.15) is 18.2 Å². The van der Waals surface area contributed by atoms with E-state index in [4.69, 9.17) is 9.26 Å². The first kappa shape index (κ1) is 21.5. The summed E-state index contributed by atoms with van der Waals surface area (Å²) in [4.78, 5) is 10.8. The number of likely N-dealkylation sites (tertiary alicyclic amines) is 1. The summed E-state index contributed by atoms with van der Waals surface area (Å²) in [6.45, 7) is 2.60. The van der Waals surface area contributed by atoms with Gasteiger partial charge in [-0.25, -0.2) is 0 Å². The zero-order valence-corrected chi connectivity index (χ0v) is 16.9. The normalized spacial score (nSPS) is 17.7. The van der Waals surface area contributed by atoms with Crippen molar-refractivity contribution in [3.63, 3.8) is 0 Å². The first-order chi connectivity index (χ1) is 15.0. The summed E-state index contributed by atoms with van der Waals surface area (Å²) in [5, 5.41) is 3.93. The number of halogens is 3. The van der Waals surface area contributed by atoms with Crippen LogP contribution in [-0.2, 0) is 30.5 Å². The third kappa shape index (κ3) is 6.11. The topological polar surface area (TPSA) is 64.3 Å². The maximum Gasteiger partial charge on any atom is 0.416 e. The highest BCUT2D eigenvalue weighted by Gasteiger charge is 2.30. The zero-order chi connectivity index (χ0) is 21.7. The fourth-order valence-electron chi connectivity index (χ4n) is 3.64. The Kier molecular flexibility index (Phi) is 6.62. The standard InChI is InChI=1S/C22H23F3N4O2/c23-22(24,25)17-6-3-5-16(11-17)12-20-27-21(31-28-20)14-29-10-4-8-19(13-29)30-15-18-7-1-2-9-26-18/h1-3,5-7,9,11,19H,4,8,10,12-15H2/t19-/m1/s1. The van der Waals surface area contributed by atoms with E-state index in [1.165, 1.54) is 6.07 Å². The van der Waals surface area contributed by atoms with Gasteiger partial charge in [-0.1, -0.05) is 29.4 Å². The average molecular weight is 432 g/mol. The van der Waals surface area contributed by atoms with E-state index in [9.17, 15) is 13.2 Å². The van der Waals surface area contributed by atoms with E-state index in [1.54, 1.807) is 12.3 Å².